The lowest BCUT2D eigenvalue weighted by molar-refractivity contribution is -0.133. The summed E-state index contributed by atoms with van der Waals surface area (Å²) >= 11 is 1.09. The Morgan fingerprint density at radius 2 is 2.21 bits per heavy atom. The molecule has 3 aromatic rings. The van der Waals surface area contributed by atoms with Gasteiger partial charge in [-0.3, -0.25) is 14.5 Å². The number of carbonyl (C=O) groups is 1. The first-order valence-electron chi connectivity index (χ1n) is 7.05. The Balaban J connectivity index is 2.18. The molecule has 0 bridgehead atoms. The molecule has 0 radical (unpaired) electrons. The minimum absolute atomic E-state index is 0.116. The fourth-order valence-electron chi connectivity index (χ4n) is 2.24. The highest BCUT2D eigenvalue weighted by atomic mass is 32.2. The van der Waals surface area contributed by atoms with Gasteiger partial charge in [0.25, 0.3) is 0 Å². The third-order valence-corrected chi connectivity index (χ3v) is 4.19. The predicted molar refractivity (Wildman–Crippen MR) is 88.6 cm³/mol. The Bertz CT molecular complexity index is 860. The van der Waals surface area contributed by atoms with E-state index in [-0.39, 0.29) is 5.75 Å². The summed E-state index contributed by atoms with van der Waals surface area (Å²) in [6.07, 6.45) is 1.62. The van der Waals surface area contributed by atoms with Gasteiger partial charge < -0.3 is 9.84 Å². The summed E-state index contributed by atoms with van der Waals surface area (Å²) in [7, 11) is 1.58. The number of ether oxygens (including phenoxy) is 1. The van der Waals surface area contributed by atoms with Crippen molar-refractivity contribution >= 4 is 17.7 Å². The topological polar surface area (TPSA) is 106 Å². The highest BCUT2D eigenvalue weighted by Gasteiger charge is 2.20. The lowest BCUT2D eigenvalue weighted by Crippen LogP contribution is -2.05. The second-order valence-corrected chi connectivity index (χ2v) is 5.91. The van der Waals surface area contributed by atoms with Gasteiger partial charge in [0.2, 0.25) is 0 Å². The molecule has 0 aliphatic heterocycles. The highest BCUT2D eigenvalue weighted by molar-refractivity contribution is 7.99. The molecule has 1 aromatic carbocycles. The first kappa shape index (κ1) is 16.1. The molecule has 0 fully saturated rings. The van der Waals surface area contributed by atoms with Crippen LogP contribution in [0, 0.1) is 6.92 Å². The highest BCUT2D eigenvalue weighted by Crippen LogP contribution is 2.32. The van der Waals surface area contributed by atoms with Crippen molar-refractivity contribution in [2.45, 2.75) is 12.1 Å². The Morgan fingerprint density at radius 1 is 1.38 bits per heavy atom. The van der Waals surface area contributed by atoms with Gasteiger partial charge >= 0.3 is 5.97 Å². The number of nitrogens with zero attached hydrogens (tertiary/aromatic N) is 4. The Morgan fingerprint density at radius 3 is 2.88 bits per heavy atom. The number of H-pyrrole nitrogens is 1. The van der Waals surface area contributed by atoms with Crippen molar-refractivity contribution < 1.29 is 14.6 Å². The van der Waals surface area contributed by atoms with Crippen LogP contribution in [0.5, 0.6) is 5.75 Å². The molecule has 0 unspecified atom stereocenters. The van der Waals surface area contributed by atoms with E-state index < -0.39 is 5.97 Å². The molecule has 2 N–H and O–H groups in total. The van der Waals surface area contributed by atoms with Gasteiger partial charge in [-0.05, 0) is 30.7 Å². The Hall–Kier alpha value is -2.81. The Kier molecular flexibility index (Phi) is 4.52. The van der Waals surface area contributed by atoms with Gasteiger partial charge in [-0.15, -0.1) is 10.2 Å². The first-order valence-corrected chi connectivity index (χ1v) is 8.03. The van der Waals surface area contributed by atoms with Crippen molar-refractivity contribution in [3.8, 4) is 23.0 Å². The van der Waals surface area contributed by atoms with Gasteiger partial charge in [0.15, 0.2) is 11.0 Å². The van der Waals surface area contributed by atoms with Crippen LogP contribution < -0.4 is 4.74 Å². The van der Waals surface area contributed by atoms with Gasteiger partial charge in [0, 0.05) is 6.20 Å². The van der Waals surface area contributed by atoms with E-state index in [0.29, 0.717) is 22.4 Å². The van der Waals surface area contributed by atoms with Crippen molar-refractivity contribution in [3.05, 3.63) is 36.0 Å². The lowest BCUT2D eigenvalue weighted by Gasteiger charge is -2.14. The summed E-state index contributed by atoms with van der Waals surface area (Å²) < 4.78 is 7.22. The zero-order valence-corrected chi connectivity index (χ0v) is 13.9. The summed E-state index contributed by atoms with van der Waals surface area (Å²) in [5, 5.41) is 24.5. The van der Waals surface area contributed by atoms with Crippen molar-refractivity contribution in [1.82, 2.24) is 25.0 Å². The number of hydrogen-bond acceptors (Lipinski definition) is 6. The van der Waals surface area contributed by atoms with E-state index in [1.165, 1.54) is 0 Å². The maximum Gasteiger partial charge on any atom is 0.313 e. The minimum Gasteiger partial charge on any atom is -0.495 e. The summed E-state index contributed by atoms with van der Waals surface area (Å²) in [5.74, 6) is 0.131. The fraction of sp³-hybridized carbons (Fsp3) is 0.200. The molecular formula is C15H15N5O3S. The third-order valence-electron chi connectivity index (χ3n) is 3.28. The average Bonchev–Trinajstić information content (AvgIpc) is 3.21. The van der Waals surface area contributed by atoms with Gasteiger partial charge in [-0.25, -0.2) is 0 Å². The van der Waals surface area contributed by atoms with Gasteiger partial charge in [-0.1, -0.05) is 17.8 Å². The van der Waals surface area contributed by atoms with Crippen molar-refractivity contribution in [3.63, 3.8) is 0 Å². The number of thioether (sulfide) groups is 1. The number of benzene rings is 1. The SMILES string of the molecule is COc1ccc(C)cc1-n1c(SCC(=O)O)nnc1-c1ccn[nH]1. The molecule has 0 saturated heterocycles. The number of methoxy groups -OCH3 is 1. The van der Waals surface area contributed by atoms with Crippen LogP contribution >= 0.6 is 11.8 Å². The molecule has 2 aromatic heterocycles. The van der Waals surface area contributed by atoms with Gasteiger partial charge in [0.05, 0.1) is 18.6 Å². The van der Waals surface area contributed by atoms with Crippen LogP contribution in [0.25, 0.3) is 17.2 Å². The van der Waals surface area contributed by atoms with E-state index in [9.17, 15) is 4.79 Å². The summed E-state index contributed by atoms with van der Waals surface area (Å²) in [6, 6.07) is 7.50. The van der Waals surface area contributed by atoms with E-state index in [0.717, 1.165) is 23.0 Å². The van der Waals surface area contributed by atoms with Gasteiger partial charge in [0.1, 0.15) is 11.4 Å². The zero-order valence-electron chi connectivity index (χ0n) is 13.1. The van der Waals surface area contributed by atoms with Gasteiger partial charge in [-0.2, -0.15) is 5.10 Å². The van der Waals surface area contributed by atoms with Crippen molar-refractivity contribution in [1.29, 1.82) is 0 Å². The molecule has 0 amide bonds. The molecule has 8 nitrogen and oxygen atoms in total. The minimum atomic E-state index is -0.922. The molecule has 9 heteroatoms. The molecule has 0 spiro atoms. The largest absolute Gasteiger partial charge is 0.495 e. The molecular weight excluding hydrogens is 330 g/mol. The summed E-state index contributed by atoms with van der Waals surface area (Å²) in [6.45, 7) is 1.97. The number of nitrogens with one attached hydrogen (secondary N) is 1. The molecule has 0 atom stereocenters. The van der Waals surface area contributed by atoms with Crippen LogP contribution in [0.1, 0.15) is 5.56 Å². The second-order valence-electron chi connectivity index (χ2n) is 4.97. The van der Waals surface area contributed by atoms with E-state index >= 15 is 0 Å². The monoisotopic (exact) mass is 345 g/mol. The number of carboxylic acids is 1. The van der Waals surface area contributed by atoms with Crippen LogP contribution in [0.2, 0.25) is 0 Å². The van der Waals surface area contributed by atoms with Crippen LogP contribution in [0.15, 0.2) is 35.6 Å². The number of aromatic nitrogens is 5. The van der Waals surface area contributed by atoms with Crippen LogP contribution in [-0.4, -0.2) is 48.9 Å². The molecule has 0 aliphatic carbocycles. The summed E-state index contributed by atoms with van der Waals surface area (Å²) in [5.41, 5.74) is 2.44. The molecule has 0 aliphatic rings. The molecule has 2 heterocycles. The van der Waals surface area contributed by atoms with E-state index in [2.05, 4.69) is 20.4 Å². The van der Waals surface area contributed by atoms with Crippen LogP contribution in [-0.2, 0) is 4.79 Å². The maximum absolute atomic E-state index is 10.9. The van der Waals surface area contributed by atoms with Crippen molar-refractivity contribution in [2.75, 3.05) is 12.9 Å². The second kappa shape index (κ2) is 6.75. The third kappa shape index (κ3) is 3.11. The lowest BCUT2D eigenvalue weighted by atomic mass is 10.2. The van der Waals surface area contributed by atoms with E-state index in [1.807, 2.05) is 25.1 Å². The number of rotatable bonds is 6. The molecule has 24 heavy (non-hydrogen) atoms. The summed E-state index contributed by atoms with van der Waals surface area (Å²) in [4.78, 5) is 10.9. The van der Waals surface area contributed by atoms with Crippen LogP contribution in [0.3, 0.4) is 0 Å². The number of hydrogen-bond donors (Lipinski definition) is 2. The number of carboxylic acid groups (broad SMARTS) is 1. The molecule has 0 saturated carbocycles. The maximum atomic E-state index is 10.9. The fourth-order valence-corrected chi connectivity index (χ4v) is 2.90. The predicted octanol–water partition coefficient (Wildman–Crippen LogP) is 2.15. The average molecular weight is 345 g/mol. The zero-order chi connectivity index (χ0) is 17.1. The number of aryl methyl sites for hydroxylation is 1. The smallest absolute Gasteiger partial charge is 0.313 e. The number of aliphatic carboxylic acids is 1. The molecule has 124 valence electrons. The number of aromatic amines is 1. The normalized spacial score (nSPS) is 10.8. The standard InChI is InChI=1S/C15H15N5O3S/c1-9-3-4-12(23-2)11(7-9)20-14(10-5-6-16-17-10)18-19-15(20)24-8-13(21)22/h3-7H,8H2,1-2H3,(H,16,17)(H,21,22). The van der Waals surface area contributed by atoms with Crippen molar-refractivity contribution in [2.24, 2.45) is 0 Å². The van der Waals surface area contributed by atoms with E-state index in [1.54, 1.807) is 23.9 Å². The van der Waals surface area contributed by atoms with E-state index in [4.69, 9.17) is 9.84 Å². The quantitative estimate of drug-likeness (QED) is 0.659. The molecule has 3 rings (SSSR count). The Labute approximate surface area is 141 Å². The van der Waals surface area contributed by atoms with Crippen LogP contribution in [0.4, 0.5) is 0 Å². The first-order chi connectivity index (χ1) is 11.6.